The molecule has 0 aliphatic carbocycles. The van der Waals surface area contributed by atoms with E-state index in [1.165, 1.54) is 0 Å². The number of benzene rings is 3. The topological polar surface area (TPSA) is 31.2 Å². The summed E-state index contributed by atoms with van der Waals surface area (Å²) >= 11 is -0.0557. The molecule has 4 heteroatoms. The number of hydrogen-bond donors (Lipinski definition) is 0. The fraction of sp³-hybridized carbons (Fsp3) is 0.0500. The van der Waals surface area contributed by atoms with Gasteiger partial charge in [-0.3, -0.25) is 0 Å². The first-order valence-corrected chi connectivity index (χ1v) is 9.32. The number of para-hydroxylation sites is 1. The van der Waals surface area contributed by atoms with Gasteiger partial charge >= 0.3 is 146 Å². The Morgan fingerprint density at radius 3 is 2.33 bits per heavy atom. The Morgan fingerprint density at radius 1 is 0.875 bits per heavy atom. The van der Waals surface area contributed by atoms with Gasteiger partial charge in [-0.05, 0) is 0 Å². The van der Waals surface area contributed by atoms with Gasteiger partial charge in [-0.25, -0.2) is 0 Å². The molecule has 0 amide bonds. The van der Waals surface area contributed by atoms with Gasteiger partial charge in [-0.1, -0.05) is 0 Å². The normalized spacial score (nSPS) is 10.8. The molecule has 0 aliphatic rings. The molecular weight excluding hydrogens is 365 g/mol. The molecule has 4 aromatic rings. The van der Waals surface area contributed by atoms with Gasteiger partial charge in [0.1, 0.15) is 0 Å². The van der Waals surface area contributed by atoms with E-state index in [4.69, 9.17) is 4.74 Å². The van der Waals surface area contributed by atoms with Crippen LogP contribution in [0, 0.1) is 0 Å². The van der Waals surface area contributed by atoms with Crippen LogP contribution in [0.1, 0.15) is 5.56 Å². The molecule has 0 radical (unpaired) electrons. The number of ether oxygens (including phenoxy) is 1. The van der Waals surface area contributed by atoms with Gasteiger partial charge in [0.05, 0.1) is 0 Å². The molecule has 0 unspecified atom stereocenters. The average molecular weight is 380 g/mol. The quantitative estimate of drug-likeness (QED) is 0.507. The third kappa shape index (κ3) is 2.94. The first-order chi connectivity index (χ1) is 11.8. The summed E-state index contributed by atoms with van der Waals surface area (Å²) < 4.78 is 8.80. The van der Waals surface area contributed by atoms with Gasteiger partial charge in [0.15, 0.2) is 0 Å². The molecular formula is C20H15NO2Se. The minimum atomic E-state index is -0.0557. The molecule has 0 aliphatic heterocycles. The summed E-state index contributed by atoms with van der Waals surface area (Å²) in [7, 11) is 0. The van der Waals surface area contributed by atoms with Crippen molar-refractivity contribution in [3.05, 3.63) is 94.8 Å². The Bertz CT molecular complexity index is 1020. The standard InChI is InChI=1S/C20H15NO2Se/c22-20-18-12-11-17(23-14-15-7-3-1-4-8-15)13-19(18)24-21(20)16-9-5-2-6-10-16/h1-13H,14H2. The van der Waals surface area contributed by atoms with Crippen LogP contribution in [0.3, 0.4) is 0 Å². The SMILES string of the molecule is O=c1c2ccc(OCc3ccccc3)cc2[se]n1-c1ccccc1. The van der Waals surface area contributed by atoms with Crippen LogP contribution in [0.2, 0.25) is 0 Å². The molecule has 1 aromatic heterocycles. The molecule has 3 aromatic carbocycles. The summed E-state index contributed by atoms with van der Waals surface area (Å²) in [5.41, 5.74) is 2.15. The third-order valence-corrected chi connectivity index (χ3v) is 6.09. The van der Waals surface area contributed by atoms with Gasteiger partial charge in [0.25, 0.3) is 0 Å². The maximum absolute atomic E-state index is 12.6. The van der Waals surface area contributed by atoms with Crippen LogP contribution in [0.5, 0.6) is 5.75 Å². The van der Waals surface area contributed by atoms with E-state index in [1.807, 2.05) is 82.4 Å². The second kappa shape index (κ2) is 6.52. The number of rotatable bonds is 4. The molecule has 0 spiro atoms. The Hall–Kier alpha value is -2.55. The molecule has 0 bridgehead atoms. The van der Waals surface area contributed by atoms with E-state index in [2.05, 4.69) is 0 Å². The maximum atomic E-state index is 12.6. The summed E-state index contributed by atoms with van der Waals surface area (Å²) in [6.45, 7) is 0.531. The zero-order valence-electron chi connectivity index (χ0n) is 12.9. The van der Waals surface area contributed by atoms with E-state index in [0.717, 1.165) is 26.6 Å². The summed E-state index contributed by atoms with van der Waals surface area (Å²) in [6.07, 6.45) is 0. The van der Waals surface area contributed by atoms with E-state index < -0.39 is 0 Å². The average Bonchev–Trinajstić information content (AvgIpc) is 2.98. The van der Waals surface area contributed by atoms with Gasteiger partial charge < -0.3 is 0 Å². The van der Waals surface area contributed by atoms with Gasteiger partial charge in [-0.15, -0.1) is 0 Å². The first kappa shape index (κ1) is 15.0. The second-order valence-corrected chi connectivity index (χ2v) is 7.53. The number of fused-ring (bicyclic) bond motifs is 1. The monoisotopic (exact) mass is 381 g/mol. The van der Waals surface area contributed by atoms with Crippen molar-refractivity contribution in [3.8, 4) is 11.4 Å². The van der Waals surface area contributed by atoms with E-state index in [0.29, 0.717) is 6.61 Å². The van der Waals surface area contributed by atoms with Crippen LogP contribution in [0.15, 0.2) is 83.7 Å². The van der Waals surface area contributed by atoms with Crippen molar-refractivity contribution >= 4 is 24.4 Å². The summed E-state index contributed by atoms with van der Waals surface area (Å²) in [6, 6.07) is 25.6. The van der Waals surface area contributed by atoms with Crippen LogP contribution < -0.4 is 10.3 Å². The van der Waals surface area contributed by atoms with Crippen molar-refractivity contribution in [1.29, 1.82) is 0 Å². The number of nitrogens with zero attached hydrogens (tertiary/aromatic N) is 1. The molecule has 4 rings (SSSR count). The van der Waals surface area contributed by atoms with E-state index in [1.54, 1.807) is 0 Å². The van der Waals surface area contributed by atoms with Crippen molar-refractivity contribution < 1.29 is 4.74 Å². The Balaban J connectivity index is 1.65. The van der Waals surface area contributed by atoms with Crippen molar-refractivity contribution in [2.75, 3.05) is 0 Å². The van der Waals surface area contributed by atoms with Crippen molar-refractivity contribution in [1.82, 2.24) is 3.56 Å². The Labute approximate surface area is 145 Å². The zero-order chi connectivity index (χ0) is 16.4. The Morgan fingerprint density at radius 2 is 1.58 bits per heavy atom. The zero-order valence-corrected chi connectivity index (χ0v) is 14.6. The summed E-state index contributed by atoms with van der Waals surface area (Å²) in [5.74, 6) is 0.808. The minimum absolute atomic E-state index is 0.0557. The number of hydrogen-bond acceptors (Lipinski definition) is 2. The number of aromatic nitrogens is 1. The summed E-state index contributed by atoms with van der Waals surface area (Å²) in [4.78, 5) is 12.6. The van der Waals surface area contributed by atoms with Crippen LogP contribution in [-0.2, 0) is 6.61 Å². The molecule has 24 heavy (non-hydrogen) atoms. The van der Waals surface area contributed by atoms with E-state index in [9.17, 15) is 4.79 Å². The predicted octanol–water partition coefficient (Wildman–Crippen LogP) is 3.63. The van der Waals surface area contributed by atoms with Crippen LogP contribution in [-0.4, -0.2) is 18.3 Å². The second-order valence-electron chi connectivity index (χ2n) is 5.46. The summed E-state index contributed by atoms with van der Waals surface area (Å²) in [5, 5.41) is 0.783. The molecule has 0 N–H and O–H groups in total. The van der Waals surface area contributed by atoms with Gasteiger partial charge in [0.2, 0.25) is 0 Å². The van der Waals surface area contributed by atoms with Gasteiger partial charge in [-0.2, -0.15) is 0 Å². The van der Waals surface area contributed by atoms with Crippen molar-refractivity contribution in [2.24, 2.45) is 0 Å². The van der Waals surface area contributed by atoms with Crippen LogP contribution in [0.4, 0.5) is 0 Å². The fourth-order valence-electron chi connectivity index (χ4n) is 2.57. The van der Waals surface area contributed by atoms with E-state index in [-0.39, 0.29) is 20.3 Å². The van der Waals surface area contributed by atoms with Crippen LogP contribution >= 0.6 is 0 Å². The third-order valence-electron chi connectivity index (χ3n) is 3.80. The molecule has 0 saturated heterocycles. The molecule has 118 valence electrons. The molecule has 0 fully saturated rings. The first-order valence-electron chi connectivity index (χ1n) is 7.69. The predicted molar refractivity (Wildman–Crippen MR) is 97.3 cm³/mol. The molecule has 3 nitrogen and oxygen atoms in total. The molecule has 1 heterocycles. The van der Waals surface area contributed by atoms with Crippen LogP contribution in [0.25, 0.3) is 15.3 Å². The van der Waals surface area contributed by atoms with Crippen molar-refractivity contribution in [2.45, 2.75) is 6.61 Å². The molecule has 0 saturated carbocycles. The molecule has 0 atom stereocenters. The fourth-order valence-corrected chi connectivity index (χ4v) is 4.72. The Kier molecular flexibility index (Phi) is 4.08. The van der Waals surface area contributed by atoms with Gasteiger partial charge in [0, 0.05) is 0 Å². The van der Waals surface area contributed by atoms with E-state index >= 15 is 0 Å². The van der Waals surface area contributed by atoms with Crippen molar-refractivity contribution in [3.63, 3.8) is 0 Å².